The van der Waals surface area contributed by atoms with Crippen molar-refractivity contribution in [1.82, 2.24) is 10.2 Å². The Hall–Kier alpha value is -1.55. The van der Waals surface area contributed by atoms with E-state index in [2.05, 4.69) is 46.4 Å². The second kappa shape index (κ2) is 9.46. The lowest BCUT2D eigenvalue weighted by molar-refractivity contribution is 0.192. The largest absolute Gasteiger partial charge is 0.370 e. The van der Waals surface area contributed by atoms with Crippen molar-refractivity contribution in [3.05, 3.63) is 35.9 Å². The summed E-state index contributed by atoms with van der Waals surface area (Å²) in [7, 11) is 0. The van der Waals surface area contributed by atoms with Gasteiger partial charge in [-0.05, 0) is 56.8 Å². The zero-order valence-corrected chi connectivity index (χ0v) is 13.8. The molecule has 1 aromatic rings. The van der Waals surface area contributed by atoms with Crippen LogP contribution in [0.5, 0.6) is 0 Å². The monoisotopic (exact) mass is 302 g/mol. The van der Waals surface area contributed by atoms with E-state index in [0.29, 0.717) is 5.96 Å². The van der Waals surface area contributed by atoms with E-state index in [1.165, 1.54) is 31.5 Å². The molecular formula is C18H30N4. The summed E-state index contributed by atoms with van der Waals surface area (Å²) in [5.41, 5.74) is 7.22. The third kappa shape index (κ3) is 6.48. The lowest BCUT2D eigenvalue weighted by atomic mass is 9.99. The number of hydrogen-bond acceptors (Lipinski definition) is 2. The van der Waals surface area contributed by atoms with Gasteiger partial charge in [0.1, 0.15) is 0 Å². The summed E-state index contributed by atoms with van der Waals surface area (Å²) in [6, 6.07) is 10.4. The molecule has 3 N–H and O–H groups in total. The maximum absolute atomic E-state index is 5.90. The van der Waals surface area contributed by atoms with Gasteiger partial charge in [0.25, 0.3) is 0 Å². The molecule has 1 saturated heterocycles. The molecule has 4 heteroatoms. The Labute approximate surface area is 134 Å². The summed E-state index contributed by atoms with van der Waals surface area (Å²) < 4.78 is 0. The molecule has 0 bridgehead atoms. The Morgan fingerprint density at radius 3 is 2.73 bits per heavy atom. The Morgan fingerprint density at radius 1 is 1.27 bits per heavy atom. The molecule has 0 unspecified atom stereocenters. The van der Waals surface area contributed by atoms with Crippen LogP contribution in [0.25, 0.3) is 0 Å². The van der Waals surface area contributed by atoms with Crippen LogP contribution in [0, 0.1) is 5.92 Å². The van der Waals surface area contributed by atoms with Crippen LogP contribution in [0.3, 0.4) is 0 Å². The number of nitrogens with one attached hydrogen (secondary N) is 1. The van der Waals surface area contributed by atoms with Gasteiger partial charge in [0.15, 0.2) is 5.96 Å². The predicted octanol–water partition coefficient (Wildman–Crippen LogP) is 2.26. The second-order valence-corrected chi connectivity index (χ2v) is 6.31. The molecule has 0 aromatic heterocycles. The molecule has 1 aliphatic rings. The van der Waals surface area contributed by atoms with Gasteiger partial charge in [0, 0.05) is 13.1 Å². The van der Waals surface area contributed by atoms with E-state index >= 15 is 0 Å². The highest BCUT2D eigenvalue weighted by atomic mass is 15.1. The van der Waals surface area contributed by atoms with Crippen molar-refractivity contribution in [2.24, 2.45) is 16.6 Å². The second-order valence-electron chi connectivity index (χ2n) is 6.31. The molecule has 0 radical (unpaired) electrons. The highest BCUT2D eigenvalue weighted by Crippen LogP contribution is 2.15. The molecule has 2 rings (SSSR count). The maximum Gasteiger partial charge on any atom is 0.188 e. The summed E-state index contributed by atoms with van der Waals surface area (Å²) in [5.74, 6) is 1.47. The fourth-order valence-corrected chi connectivity index (χ4v) is 2.81. The molecule has 0 aliphatic carbocycles. The molecule has 4 nitrogen and oxygen atoms in total. The minimum atomic E-state index is 0.572. The molecule has 1 fully saturated rings. The average molecular weight is 302 g/mol. The molecular weight excluding hydrogens is 272 g/mol. The summed E-state index contributed by atoms with van der Waals surface area (Å²) in [4.78, 5) is 6.96. The number of guanidine groups is 1. The molecule has 0 saturated carbocycles. The normalized spacial score (nSPS) is 17.6. The van der Waals surface area contributed by atoms with Crippen LogP contribution in [-0.2, 0) is 6.42 Å². The van der Waals surface area contributed by atoms with Crippen LogP contribution in [0.4, 0.5) is 0 Å². The number of rotatable bonds is 7. The quantitative estimate of drug-likeness (QED) is 0.461. The van der Waals surface area contributed by atoms with Gasteiger partial charge in [-0.1, -0.05) is 37.3 Å². The number of likely N-dealkylation sites (tertiary alicyclic amines) is 1. The Morgan fingerprint density at radius 2 is 2.00 bits per heavy atom. The fourth-order valence-electron chi connectivity index (χ4n) is 2.81. The van der Waals surface area contributed by atoms with Gasteiger partial charge >= 0.3 is 0 Å². The van der Waals surface area contributed by atoms with Crippen molar-refractivity contribution in [2.75, 3.05) is 32.7 Å². The SMILES string of the molecule is CC1CCN(CCCN=C(N)NCCc2ccccc2)CC1. The van der Waals surface area contributed by atoms with Crippen molar-refractivity contribution in [3.63, 3.8) is 0 Å². The molecule has 122 valence electrons. The number of hydrogen-bond donors (Lipinski definition) is 2. The molecule has 0 spiro atoms. The van der Waals surface area contributed by atoms with Crippen LogP contribution in [0.1, 0.15) is 31.7 Å². The first-order valence-corrected chi connectivity index (χ1v) is 8.54. The van der Waals surface area contributed by atoms with Crippen LogP contribution in [0.15, 0.2) is 35.3 Å². The summed E-state index contributed by atoms with van der Waals surface area (Å²) in [6.07, 6.45) is 4.75. The van der Waals surface area contributed by atoms with Gasteiger partial charge in [-0.25, -0.2) is 0 Å². The van der Waals surface area contributed by atoms with Crippen LogP contribution in [0.2, 0.25) is 0 Å². The lowest BCUT2D eigenvalue weighted by Crippen LogP contribution is -2.35. The zero-order valence-electron chi connectivity index (χ0n) is 13.8. The molecule has 22 heavy (non-hydrogen) atoms. The van der Waals surface area contributed by atoms with E-state index in [9.17, 15) is 0 Å². The van der Waals surface area contributed by atoms with E-state index in [1.54, 1.807) is 0 Å². The first-order chi connectivity index (χ1) is 10.7. The summed E-state index contributed by atoms with van der Waals surface area (Å²) >= 11 is 0. The topological polar surface area (TPSA) is 53.6 Å². The number of nitrogens with two attached hydrogens (primary N) is 1. The number of aliphatic imine (C=N–C) groups is 1. The van der Waals surface area contributed by atoms with E-state index in [1.807, 2.05) is 6.07 Å². The third-order valence-electron chi connectivity index (χ3n) is 4.35. The Balaban J connectivity index is 1.54. The number of piperidine rings is 1. The molecule has 1 aliphatic heterocycles. The van der Waals surface area contributed by atoms with Crippen molar-refractivity contribution < 1.29 is 0 Å². The Bertz CT molecular complexity index is 436. The lowest BCUT2D eigenvalue weighted by Gasteiger charge is -2.29. The van der Waals surface area contributed by atoms with Crippen LogP contribution < -0.4 is 11.1 Å². The predicted molar refractivity (Wildman–Crippen MR) is 94.1 cm³/mol. The first-order valence-electron chi connectivity index (χ1n) is 8.54. The smallest absolute Gasteiger partial charge is 0.188 e. The standard InChI is InChI=1S/C18H30N4/c1-16-9-14-22(15-10-16)13-5-11-20-18(19)21-12-8-17-6-3-2-4-7-17/h2-4,6-7,16H,5,8-15H2,1H3,(H3,19,20,21). The minimum absolute atomic E-state index is 0.572. The van der Waals surface area contributed by atoms with E-state index < -0.39 is 0 Å². The fraction of sp³-hybridized carbons (Fsp3) is 0.611. The number of nitrogens with zero attached hydrogens (tertiary/aromatic N) is 2. The molecule has 0 atom stereocenters. The zero-order chi connectivity index (χ0) is 15.6. The highest BCUT2D eigenvalue weighted by molar-refractivity contribution is 5.77. The molecule has 1 aromatic carbocycles. The van der Waals surface area contributed by atoms with Gasteiger partial charge in [-0.3, -0.25) is 4.99 Å². The highest BCUT2D eigenvalue weighted by Gasteiger charge is 2.14. The van der Waals surface area contributed by atoms with E-state index in [0.717, 1.165) is 38.4 Å². The third-order valence-corrected chi connectivity index (χ3v) is 4.35. The van der Waals surface area contributed by atoms with Gasteiger partial charge in [0.05, 0.1) is 0 Å². The van der Waals surface area contributed by atoms with Crippen molar-refractivity contribution in [2.45, 2.75) is 32.6 Å². The van der Waals surface area contributed by atoms with Crippen LogP contribution in [-0.4, -0.2) is 43.6 Å². The van der Waals surface area contributed by atoms with Gasteiger partial charge in [-0.2, -0.15) is 0 Å². The van der Waals surface area contributed by atoms with E-state index in [4.69, 9.17) is 5.73 Å². The van der Waals surface area contributed by atoms with Crippen molar-refractivity contribution in [1.29, 1.82) is 0 Å². The first kappa shape index (κ1) is 16.8. The van der Waals surface area contributed by atoms with Crippen molar-refractivity contribution in [3.8, 4) is 0 Å². The van der Waals surface area contributed by atoms with Gasteiger partial charge in [-0.15, -0.1) is 0 Å². The van der Waals surface area contributed by atoms with Gasteiger partial charge in [0.2, 0.25) is 0 Å². The van der Waals surface area contributed by atoms with E-state index in [-0.39, 0.29) is 0 Å². The van der Waals surface area contributed by atoms with Gasteiger partial charge < -0.3 is 16.0 Å². The number of benzene rings is 1. The van der Waals surface area contributed by atoms with Crippen molar-refractivity contribution >= 4 is 5.96 Å². The Kier molecular flexibility index (Phi) is 7.23. The molecule has 1 heterocycles. The summed E-state index contributed by atoms with van der Waals surface area (Å²) in [6.45, 7) is 7.64. The average Bonchev–Trinajstić information content (AvgIpc) is 2.54. The minimum Gasteiger partial charge on any atom is -0.370 e. The van der Waals surface area contributed by atoms with Crippen LogP contribution >= 0.6 is 0 Å². The molecule has 0 amide bonds. The maximum atomic E-state index is 5.90. The summed E-state index contributed by atoms with van der Waals surface area (Å²) in [5, 5.41) is 3.19.